The molecule has 3 aromatic carbocycles. The van der Waals surface area contributed by atoms with Crippen LogP contribution in [-0.2, 0) is 57.3 Å². The minimum absolute atomic E-state index is 0.297. The fourth-order valence-electron chi connectivity index (χ4n) is 11.9. The number of fused-ring (bicyclic) bond motifs is 3. The number of carboxylic acids is 1. The van der Waals surface area contributed by atoms with Crippen molar-refractivity contribution in [3.8, 4) is 70.1 Å². The van der Waals surface area contributed by atoms with Gasteiger partial charge in [0.25, 0.3) is 0 Å². The van der Waals surface area contributed by atoms with Gasteiger partial charge in [-0.3, -0.25) is 0 Å². The monoisotopic (exact) mass is 1650 g/mol. The average Bonchev–Trinajstić information content (AvgIpc) is 1.64. The summed E-state index contributed by atoms with van der Waals surface area (Å²) < 4.78 is 49.4. The second kappa shape index (κ2) is 38.4. The SMILES string of the molecule is CCC[I-]C.CCOC(=O)C(OC(C)(C)C)c1c(C)sc(-c2cccs2)c1-c1ccc2c(c1)CCCO2.CCOC(=O)C(OC(C)(C)C)c1c(C)sc(Cl)c1-c1ccc2c(c1)CCCO2.Cc1sc(-c2cccs2)c(-c2ccc3c(c2)CCCO3)c1C(OC(C)(C)C)C(=O)O.OB(O)c1cccs1. The fraction of sp³-hybridized carbons (Fsp3) is 0.438. The van der Waals surface area contributed by atoms with Gasteiger partial charge in [0.1, 0.15) is 21.6 Å². The number of carbonyl (C=O) groups excluding carboxylic acids is 2. The third kappa shape index (κ3) is 22.8. The molecule has 23 heteroatoms. The van der Waals surface area contributed by atoms with Crippen LogP contribution in [0.3, 0.4) is 0 Å². The number of benzene rings is 3. The molecule has 0 fully saturated rings. The van der Waals surface area contributed by atoms with Gasteiger partial charge in [0.2, 0.25) is 0 Å². The normalized spacial score (nSPS) is 14.0. The van der Waals surface area contributed by atoms with Crippen LogP contribution in [0, 0.1) is 20.8 Å². The zero-order valence-corrected chi connectivity index (χ0v) is 69.7. The van der Waals surface area contributed by atoms with Crippen LogP contribution in [0.5, 0.6) is 17.2 Å². The molecule has 0 bridgehead atoms. The molecular formula is C80H98BClIO14S6-. The van der Waals surface area contributed by atoms with E-state index in [4.69, 9.17) is 59.5 Å². The molecule has 0 amide bonds. The molecule has 0 saturated heterocycles. The van der Waals surface area contributed by atoms with Crippen molar-refractivity contribution in [2.24, 2.45) is 0 Å². The zero-order valence-electron chi connectivity index (χ0n) is 61.9. The third-order valence-corrected chi connectivity index (χ3v) is 24.8. The van der Waals surface area contributed by atoms with Gasteiger partial charge in [-0.1, -0.05) is 54.1 Å². The Morgan fingerprint density at radius 3 is 1.22 bits per heavy atom. The van der Waals surface area contributed by atoms with Crippen molar-refractivity contribution >= 4 is 109 Å². The van der Waals surface area contributed by atoms with E-state index in [2.05, 4.69) is 78.1 Å². The smallest absolute Gasteiger partial charge is 0.493 e. The average molecular weight is 1650 g/mol. The number of hydrogen-bond acceptors (Lipinski definition) is 19. The van der Waals surface area contributed by atoms with Crippen LogP contribution in [0.1, 0.15) is 175 Å². The number of hydrogen-bond donors (Lipinski definition) is 3. The second-order valence-corrected chi connectivity index (χ2v) is 37.3. The molecule has 3 atom stereocenters. The minimum Gasteiger partial charge on any atom is -0.493 e. The van der Waals surface area contributed by atoms with Crippen molar-refractivity contribution in [3.63, 3.8) is 0 Å². The molecule has 12 rings (SSSR count). The van der Waals surface area contributed by atoms with Crippen molar-refractivity contribution in [3.05, 3.63) is 159 Å². The van der Waals surface area contributed by atoms with Gasteiger partial charge in [0.15, 0.2) is 18.3 Å². The maximum atomic E-state index is 13.1. The van der Waals surface area contributed by atoms with Crippen LogP contribution < -0.4 is 40.2 Å². The number of ether oxygens (including phenoxy) is 8. The molecule has 556 valence electrons. The Morgan fingerprint density at radius 2 is 0.903 bits per heavy atom. The van der Waals surface area contributed by atoms with Gasteiger partial charge in [0, 0.05) is 62.5 Å². The van der Waals surface area contributed by atoms with Gasteiger partial charge < -0.3 is 53.0 Å². The zero-order chi connectivity index (χ0) is 74.9. The predicted octanol–water partition coefficient (Wildman–Crippen LogP) is 17.6. The number of carboxylic acid groups (broad SMARTS) is 1. The van der Waals surface area contributed by atoms with E-state index in [-0.39, 0.29) is 5.97 Å². The van der Waals surface area contributed by atoms with E-state index in [9.17, 15) is 19.5 Å². The second-order valence-electron chi connectivity index (χ2n) is 27.6. The summed E-state index contributed by atoms with van der Waals surface area (Å²) >= 11 is 16.8. The molecule has 14 nitrogen and oxygen atoms in total. The molecule has 103 heavy (non-hydrogen) atoms. The van der Waals surface area contributed by atoms with E-state index in [1.807, 2.05) is 113 Å². The van der Waals surface area contributed by atoms with Crippen LogP contribution in [0.4, 0.5) is 0 Å². The standard InChI is InChI=1S/C26H30O4S2.C24H26O4S2.C22H27ClO4S.C4H5BO2S.C4H10I/c1-6-28-25(27)23(30-26(3,4)5)21-16(2)32-24(20-10-8-14-31-20)22(21)18-11-12-19-17(15-18)9-7-13-29-19;1-14-19(21(23(25)26)28-24(2,3)4)20(22(30-14)18-8-6-12-29-18)16-9-10-17-15(13-16)7-5-11-27-17;1-6-25-21(24)19(27-22(3,4)5)17-13(2)28-20(23)18(17)15-9-10-16-14(12-15)8-7-11-26-16;6-5(7)4-2-1-3-8-4;1-3-4-5-2/h8,10-12,14-15,23H,6-7,9,13H2,1-5H3;6,8-10,12-13,21H,5,7,11H2,1-4H3,(H,25,26);9-10,12,19H,6-8,11H2,1-5H3;1-3,6-7H;3-4H2,1-2H3/q;;;;-1. The Hall–Kier alpha value is -5.45. The van der Waals surface area contributed by atoms with Gasteiger partial charge >= 0.3 is 68.9 Å². The number of alkyl halides is 2. The van der Waals surface area contributed by atoms with E-state index in [0.29, 0.717) is 43.5 Å². The molecule has 0 aliphatic carbocycles. The summed E-state index contributed by atoms with van der Waals surface area (Å²) in [4.78, 5) is 48.1. The third-order valence-electron chi connectivity index (χ3n) is 16.0. The first-order valence-electron chi connectivity index (χ1n) is 34.8. The summed E-state index contributed by atoms with van der Waals surface area (Å²) in [5.74, 6) is 1.11. The quantitative estimate of drug-likeness (QED) is 0.0300. The van der Waals surface area contributed by atoms with E-state index < -0.39 is 54.2 Å². The summed E-state index contributed by atoms with van der Waals surface area (Å²) in [7, 11) is -1.30. The van der Waals surface area contributed by atoms with Crippen LogP contribution in [-0.4, -0.2) is 99.4 Å². The first-order chi connectivity index (χ1) is 49.0. The van der Waals surface area contributed by atoms with Gasteiger partial charge in [0.05, 0.1) is 59.6 Å². The number of rotatable bonds is 19. The summed E-state index contributed by atoms with van der Waals surface area (Å²) in [5.41, 5.74) is 10.4. The number of aryl methyl sites for hydroxylation is 6. The predicted molar refractivity (Wildman–Crippen MR) is 423 cm³/mol. The number of thiophene rings is 6. The summed E-state index contributed by atoms with van der Waals surface area (Å²) in [6, 6.07) is 30.5. The first kappa shape index (κ1) is 83.2. The molecular weight excluding hydrogens is 1550 g/mol. The largest absolute Gasteiger partial charge is 0.499 e. The molecule has 0 saturated carbocycles. The van der Waals surface area contributed by atoms with E-state index in [1.54, 1.807) is 69.8 Å². The van der Waals surface area contributed by atoms with E-state index in [0.717, 1.165) is 155 Å². The maximum Gasteiger partial charge on any atom is 0.499 e. The van der Waals surface area contributed by atoms with Gasteiger partial charge in [-0.2, -0.15) is 11.3 Å². The molecule has 9 aromatic rings. The molecule has 0 spiro atoms. The number of aliphatic carboxylic acids is 1. The molecule has 3 N–H and O–H groups in total. The molecule has 3 unspecified atom stereocenters. The number of carbonyl (C=O) groups is 3. The van der Waals surface area contributed by atoms with Gasteiger partial charge in [-0.15, -0.1) is 56.7 Å². The van der Waals surface area contributed by atoms with Crippen LogP contribution in [0.25, 0.3) is 52.9 Å². The summed E-state index contributed by atoms with van der Waals surface area (Å²) in [6.45, 7) is 32.1. The molecule has 9 heterocycles. The van der Waals surface area contributed by atoms with Crippen LogP contribution in [0.2, 0.25) is 4.34 Å². The Labute approximate surface area is 648 Å². The summed E-state index contributed by atoms with van der Waals surface area (Å²) in [5, 5.41) is 33.0. The Morgan fingerprint density at radius 1 is 0.534 bits per heavy atom. The van der Waals surface area contributed by atoms with Crippen molar-refractivity contribution < 1.29 is 88.6 Å². The maximum absolute atomic E-state index is 13.1. The Kier molecular flexibility index (Phi) is 31.0. The van der Waals surface area contributed by atoms with Crippen molar-refractivity contribution in [1.82, 2.24) is 0 Å². The minimum atomic E-state index is -1.30. The fourth-order valence-corrected chi connectivity index (χ4v) is 19.2. The van der Waals surface area contributed by atoms with Crippen LogP contribution in [0.15, 0.2) is 107 Å². The van der Waals surface area contributed by atoms with Gasteiger partial charge in [-0.05, 0) is 234 Å². The molecule has 3 aliphatic rings. The Bertz CT molecular complexity index is 4210. The number of esters is 2. The van der Waals surface area contributed by atoms with E-state index >= 15 is 0 Å². The molecule has 0 radical (unpaired) electrons. The summed E-state index contributed by atoms with van der Waals surface area (Å²) in [6.07, 6.45) is 4.69. The van der Waals surface area contributed by atoms with Crippen molar-refractivity contribution in [2.45, 2.75) is 184 Å². The number of halogens is 2. The topological polar surface area (TPSA) is 186 Å². The Balaban J connectivity index is 0.000000180. The van der Waals surface area contributed by atoms with Crippen LogP contribution >= 0.6 is 79.6 Å². The van der Waals surface area contributed by atoms with Crippen molar-refractivity contribution in [2.75, 3.05) is 42.4 Å². The van der Waals surface area contributed by atoms with Crippen molar-refractivity contribution in [1.29, 1.82) is 0 Å². The first-order valence-corrected chi connectivity index (χ1v) is 43.9. The van der Waals surface area contributed by atoms with Gasteiger partial charge in [-0.25, -0.2) is 14.4 Å². The van der Waals surface area contributed by atoms with E-state index in [1.165, 1.54) is 55.1 Å². The molecule has 6 aromatic heterocycles. The molecule has 3 aliphatic heterocycles.